The summed E-state index contributed by atoms with van der Waals surface area (Å²) >= 11 is 0. The average Bonchev–Trinajstić information content (AvgIpc) is 2.80. The van der Waals surface area contributed by atoms with Gasteiger partial charge in [0.1, 0.15) is 5.82 Å². The van der Waals surface area contributed by atoms with E-state index in [1.807, 2.05) is 6.20 Å². The van der Waals surface area contributed by atoms with Crippen molar-refractivity contribution in [2.24, 2.45) is 5.92 Å². The van der Waals surface area contributed by atoms with Crippen molar-refractivity contribution in [2.75, 3.05) is 13.2 Å². The van der Waals surface area contributed by atoms with Gasteiger partial charge in [0.05, 0.1) is 6.54 Å². The molecule has 1 aromatic rings. The van der Waals surface area contributed by atoms with Crippen LogP contribution in [0, 0.1) is 5.92 Å². The lowest BCUT2D eigenvalue weighted by Crippen LogP contribution is -2.36. The maximum atomic E-state index is 5.35. The first-order valence-electron chi connectivity index (χ1n) is 5.65. The highest BCUT2D eigenvalue weighted by Crippen LogP contribution is 2.18. The molecule has 0 aromatic carbocycles. The monoisotopic (exact) mass is 209 g/mol. The summed E-state index contributed by atoms with van der Waals surface area (Å²) in [6.07, 6.45) is 5.99. The zero-order valence-electron chi connectivity index (χ0n) is 9.20. The molecule has 84 valence electrons. The maximum absolute atomic E-state index is 5.35. The summed E-state index contributed by atoms with van der Waals surface area (Å²) in [7, 11) is 0. The predicted octanol–water partition coefficient (Wildman–Crippen LogP) is 1.31. The molecule has 1 atom stereocenters. The van der Waals surface area contributed by atoms with Crippen LogP contribution in [0.5, 0.6) is 0 Å². The van der Waals surface area contributed by atoms with Gasteiger partial charge in [0.15, 0.2) is 0 Å². The van der Waals surface area contributed by atoms with Crippen LogP contribution >= 0.6 is 0 Å². The summed E-state index contributed by atoms with van der Waals surface area (Å²) in [5.41, 5.74) is 0. The van der Waals surface area contributed by atoms with E-state index in [0.717, 1.165) is 31.5 Å². The molecule has 15 heavy (non-hydrogen) atoms. The van der Waals surface area contributed by atoms with E-state index < -0.39 is 0 Å². The summed E-state index contributed by atoms with van der Waals surface area (Å²) in [5.74, 6) is 1.75. The van der Waals surface area contributed by atoms with Crippen molar-refractivity contribution in [3.63, 3.8) is 0 Å². The van der Waals surface area contributed by atoms with Crippen molar-refractivity contribution >= 4 is 0 Å². The fraction of sp³-hybridized carbons (Fsp3) is 0.727. The van der Waals surface area contributed by atoms with Gasteiger partial charge in [-0.25, -0.2) is 4.98 Å². The van der Waals surface area contributed by atoms with Gasteiger partial charge in [-0.15, -0.1) is 0 Å². The Morgan fingerprint density at radius 1 is 1.60 bits per heavy atom. The molecule has 2 N–H and O–H groups in total. The minimum Gasteiger partial charge on any atom is -0.381 e. The van der Waals surface area contributed by atoms with Crippen LogP contribution in [0.4, 0.5) is 0 Å². The smallest absolute Gasteiger partial charge is 0.120 e. The standard InChI is InChI=1S/C11H19N3O/c1-9(10-2-6-15-7-3-10)14-8-11-12-4-5-13-11/h4-5,9-10,14H,2-3,6-8H2,1H3,(H,12,13). The SMILES string of the molecule is CC(NCc1ncc[nH]1)C1CCOCC1. The van der Waals surface area contributed by atoms with Gasteiger partial charge in [-0.3, -0.25) is 0 Å². The number of imidazole rings is 1. The second-order valence-corrected chi connectivity index (χ2v) is 4.16. The molecule has 0 amide bonds. The third-order valence-electron chi connectivity index (χ3n) is 3.12. The van der Waals surface area contributed by atoms with E-state index in [0.29, 0.717) is 6.04 Å². The quantitative estimate of drug-likeness (QED) is 0.786. The van der Waals surface area contributed by atoms with Crippen molar-refractivity contribution in [1.82, 2.24) is 15.3 Å². The molecular formula is C11H19N3O. The Hall–Kier alpha value is -0.870. The van der Waals surface area contributed by atoms with E-state index in [1.54, 1.807) is 6.20 Å². The number of hydrogen-bond acceptors (Lipinski definition) is 3. The van der Waals surface area contributed by atoms with Gasteiger partial charge < -0.3 is 15.0 Å². The Kier molecular flexibility index (Phi) is 3.75. The van der Waals surface area contributed by atoms with Gasteiger partial charge in [-0.05, 0) is 25.7 Å². The van der Waals surface area contributed by atoms with Crippen molar-refractivity contribution in [3.05, 3.63) is 18.2 Å². The fourth-order valence-corrected chi connectivity index (χ4v) is 2.03. The van der Waals surface area contributed by atoms with Crippen LogP contribution in [-0.4, -0.2) is 29.2 Å². The van der Waals surface area contributed by atoms with Crippen LogP contribution < -0.4 is 5.32 Å². The Balaban J connectivity index is 1.74. The number of nitrogens with one attached hydrogen (secondary N) is 2. The molecule has 0 spiro atoms. The van der Waals surface area contributed by atoms with Gasteiger partial charge in [0, 0.05) is 31.6 Å². The van der Waals surface area contributed by atoms with Gasteiger partial charge >= 0.3 is 0 Å². The van der Waals surface area contributed by atoms with Crippen LogP contribution in [0.2, 0.25) is 0 Å². The van der Waals surface area contributed by atoms with E-state index in [-0.39, 0.29) is 0 Å². The molecule has 0 bridgehead atoms. The van der Waals surface area contributed by atoms with Crippen molar-refractivity contribution in [1.29, 1.82) is 0 Å². The highest BCUT2D eigenvalue weighted by molar-refractivity contribution is 4.87. The molecular weight excluding hydrogens is 190 g/mol. The maximum Gasteiger partial charge on any atom is 0.120 e. The molecule has 0 aliphatic carbocycles. The lowest BCUT2D eigenvalue weighted by molar-refractivity contribution is 0.0557. The molecule has 1 aliphatic heterocycles. The molecule has 4 heteroatoms. The molecule has 2 rings (SSSR count). The van der Waals surface area contributed by atoms with Gasteiger partial charge in [-0.1, -0.05) is 0 Å². The first-order valence-corrected chi connectivity index (χ1v) is 5.65. The van der Waals surface area contributed by atoms with Gasteiger partial charge in [-0.2, -0.15) is 0 Å². The van der Waals surface area contributed by atoms with Crippen LogP contribution in [0.15, 0.2) is 12.4 Å². The lowest BCUT2D eigenvalue weighted by Gasteiger charge is -2.28. The van der Waals surface area contributed by atoms with E-state index in [4.69, 9.17) is 4.74 Å². The zero-order valence-corrected chi connectivity index (χ0v) is 9.20. The molecule has 1 unspecified atom stereocenters. The molecule has 0 saturated carbocycles. The number of aromatic nitrogens is 2. The molecule has 1 aliphatic rings. The molecule has 1 fully saturated rings. The Morgan fingerprint density at radius 2 is 2.40 bits per heavy atom. The minimum absolute atomic E-state index is 0.541. The molecule has 0 radical (unpaired) electrons. The molecule has 1 saturated heterocycles. The Labute approximate surface area is 90.4 Å². The molecule has 4 nitrogen and oxygen atoms in total. The highest BCUT2D eigenvalue weighted by Gasteiger charge is 2.19. The van der Waals surface area contributed by atoms with Crippen molar-refractivity contribution < 1.29 is 4.74 Å². The average molecular weight is 209 g/mol. The number of H-pyrrole nitrogens is 1. The molecule has 1 aromatic heterocycles. The van der Waals surface area contributed by atoms with Crippen molar-refractivity contribution in [2.45, 2.75) is 32.4 Å². The zero-order chi connectivity index (χ0) is 10.5. The van der Waals surface area contributed by atoms with E-state index in [2.05, 4.69) is 22.2 Å². The Morgan fingerprint density at radius 3 is 3.07 bits per heavy atom. The number of nitrogens with zero attached hydrogens (tertiary/aromatic N) is 1. The number of aromatic amines is 1. The lowest BCUT2D eigenvalue weighted by atomic mass is 9.93. The predicted molar refractivity (Wildman–Crippen MR) is 58.4 cm³/mol. The second kappa shape index (κ2) is 5.28. The van der Waals surface area contributed by atoms with E-state index >= 15 is 0 Å². The Bertz CT molecular complexity index is 267. The summed E-state index contributed by atoms with van der Waals surface area (Å²) in [6, 6.07) is 0.541. The topological polar surface area (TPSA) is 49.9 Å². The van der Waals surface area contributed by atoms with Crippen LogP contribution in [0.1, 0.15) is 25.6 Å². The van der Waals surface area contributed by atoms with Gasteiger partial charge in [0.2, 0.25) is 0 Å². The number of rotatable bonds is 4. The van der Waals surface area contributed by atoms with Crippen LogP contribution in [-0.2, 0) is 11.3 Å². The summed E-state index contributed by atoms with van der Waals surface area (Å²) in [5, 5.41) is 3.51. The third kappa shape index (κ3) is 3.04. The fourth-order valence-electron chi connectivity index (χ4n) is 2.03. The summed E-state index contributed by atoms with van der Waals surface area (Å²) in [6.45, 7) is 4.90. The van der Waals surface area contributed by atoms with Crippen molar-refractivity contribution in [3.8, 4) is 0 Å². The number of hydrogen-bond donors (Lipinski definition) is 2. The summed E-state index contributed by atoms with van der Waals surface area (Å²) in [4.78, 5) is 7.29. The first-order chi connectivity index (χ1) is 7.36. The normalized spacial score (nSPS) is 20.3. The first kappa shape index (κ1) is 10.6. The van der Waals surface area contributed by atoms with E-state index in [9.17, 15) is 0 Å². The minimum atomic E-state index is 0.541. The third-order valence-corrected chi connectivity index (χ3v) is 3.12. The molecule has 2 heterocycles. The van der Waals surface area contributed by atoms with Crippen LogP contribution in [0.25, 0.3) is 0 Å². The number of ether oxygens (including phenoxy) is 1. The van der Waals surface area contributed by atoms with E-state index in [1.165, 1.54) is 12.8 Å². The second-order valence-electron chi connectivity index (χ2n) is 4.16. The summed E-state index contributed by atoms with van der Waals surface area (Å²) < 4.78 is 5.35. The largest absolute Gasteiger partial charge is 0.381 e. The highest BCUT2D eigenvalue weighted by atomic mass is 16.5. The van der Waals surface area contributed by atoms with Gasteiger partial charge in [0.25, 0.3) is 0 Å². The van der Waals surface area contributed by atoms with Crippen LogP contribution in [0.3, 0.4) is 0 Å².